The molecule has 1 saturated carbocycles. The van der Waals surface area contributed by atoms with Gasteiger partial charge < -0.3 is 11.1 Å². The molecule has 0 bridgehead atoms. The topological polar surface area (TPSA) is 72.2 Å². The summed E-state index contributed by atoms with van der Waals surface area (Å²) in [6, 6.07) is 12.8. The Morgan fingerprint density at radius 3 is 2.33 bits per heavy atom. The van der Waals surface area contributed by atoms with Gasteiger partial charge in [-0.15, -0.1) is 0 Å². The van der Waals surface area contributed by atoms with Gasteiger partial charge in [0.25, 0.3) is 5.91 Å². The second kappa shape index (κ2) is 6.43. The van der Waals surface area contributed by atoms with Crippen molar-refractivity contribution < 1.29 is 14.0 Å². The van der Waals surface area contributed by atoms with E-state index in [1.807, 2.05) is 0 Å². The van der Waals surface area contributed by atoms with Gasteiger partial charge in [0.1, 0.15) is 5.82 Å². The number of benzene rings is 2. The van der Waals surface area contributed by atoms with Crippen LogP contribution in [-0.4, -0.2) is 18.4 Å². The third-order valence-electron chi connectivity index (χ3n) is 4.76. The maximum atomic E-state index is 13.1. The fourth-order valence-electron chi connectivity index (χ4n) is 3.14. The highest BCUT2D eigenvalue weighted by Gasteiger charge is 2.38. The van der Waals surface area contributed by atoms with E-state index in [1.54, 1.807) is 30.3 Å². The number of nitrogens with two attached hydrogens (primary N) is 1. The van der Waals surface area contributed by atoms with E-state index in [0.29, 0.717) is 17.7 Å². The van der Waals surface area contributed by atoms with Crippen LogP contribution in [0.3, 0.4) is 0 Å². The number of carbonyl (C=O) groups is 2. The van der Waals surface area contributed by atoms with E-state index in [9.17, 15) is 14.0 Å². The Morgan fingerprint density at radius 2 is 1.75 bits per heavy atom. The summed E-state index contributed by atoms with van der Waals surface area (Å²) in [6.07, 6.45) is 3.00. The van der Waals surface area contributed by atoms with Crippen molar-refractivity contribution in [2.45, 2.75) is 24.7 Å². The molecule has 1 aliphatic carbocycles. The lowest BCUT2D eigenvalue weighted by Gasteiger charge is -2.42. The van der Waals surface area contributed by atoms with Crippen molar-refractivity contribution in [3.63, 3.8) is 0 Å². The fourth-order valence-corrected chi connectivity index (χ4v) is 3.14. The van der Waals surface area contributed by atoms with E-state index in [2.05, 4.69) is 5.32 Å². The SMILES string of the molecule is NC(=O)c1cccc(C(=O)NCC2(c3ccc(F)cc3)CCC2)c1. The summed E-state index contributed by atoms with van der Waals surface area (Å²) in [5, 5.41) is 2.94. The summed E-state index contributed by atoms with van der Waals surface area (Å²) in [4.78, 5) is 23.6. The van der Waals surface area contributed by atoms with Gasteiger partial charge in [-0.1, -0.05) is 24.6 Å². The molecule has 2 aromatic carbocycles. The lowest BCUT2D eigenvalue weighted by Crippen LogP contribution is -2.45. The highest BCUT2D eigenvalue weighted by Crippen LogP contribution is 2.43. The molecular formula is C19H19FN2O2. The van der Waals surface area contributed by atoms with Crippen molar-refractivity contribution in [1.82, 2.24) is 5.32 Å². The normalized spacial score (nSPS) is 15.4. The molecule has 0 radical (unpaired) electrons. The van der Waals surface area contributed by atoms with E-state index in [4.69, 9.17) is 5.73 Å². The Kier molecular flexibility index (Phi) is 4.34. The fraction of sp³-hybridized carbons (Fsp3) is 0.263. The van der Waals surface area contributed by atoms with Crippen LogP contribution in [0.15, 0.2) is 48.5 Å². The molecule has 0 aliphatic heterocycles. The van der Waals surface area contributed by atoms with E-state index >= 15 is 0 Å². The summed E-state index contributed by atoms with van der Waals surface area (Å²) in [5.74, 6) is -1.07. The zero-order chi connectivity index (χ0) is 17.2. The van der Waals surface area contributed by atoms with Crippen molar-refractivity contribution in [2.75, 3.05) is 6.54 Å². The molecule has 3 N–H and O–H groups in total. The first-order valence-corrected chi connectivity index (χ1v) is 7.94. The van der Waals surface area contributed by atoms with Gasteiger partial charge >= 0.3 is 0 Å². The monoisotopic (exact) mass is 326 g/mol. The van der Waals surface area contributed by atoms with Gasteiger partial charge in [-0.05, 0) is 48.7 Å². The van der Waals surface area contributed by atoms with Crippen LogP contribution in [0.4, 0.5) is 4.39 Å². The molecule has 1 fully saturated rings. The van der Waals surface area contributed by atoms with Gasteiger partial charge in [0.05, 0.1) is 0 Å². The van der Waals surface area contributed by atoms with Crippen LogP contribution in [0, 0.1) is 5.82 Å². The third kappa shape index (κ3) is 3.15. The number of halogens is 1. The van der Waals surface area contributed by atoms with Crippen LogP contribution in [0.2, 0.25) is 0 Å². The van der Waals surface area contributed by atoms with E-state index in [-0.39, 0.29) is 17.1 Å². The third-order valence-corrected chi connectivity index (χ3v) is 4.76. The lowest BCUT2D eigenvalue weighted by atomic mass is 9.64. The lowest BCUT2D eigenvalue weighted by molar-refractivity contribution is 0.0928. The van der Waals surface area contributed by atoms with Crippen LogP contribution in [0.5, 0.6) is 0 Å². The number of carbonyl (C=O) groups excluding carboxylic acids is 2. The molecule has 0 atom stereocenters. The molecule has 24 heavy (non-hydrogen) atoms. The minimum absolute atomic E-state index is 0.134. The summed E-state index contributed by atoms with van der Waals surface area (Å²) in [5.41, 5.74) is 6.86. The second-order valence-corrected chi connectivity index (χ2v) is 6.27. The van der Waals surface area contributed by atoms with Crippen molar-refractivity contribution in [3.8, 4) is 0 Å². The molecule has 0 spiro atoms. The molecule has 1 aliphatic rings. The number of nitrogens with one attached hydrogen (secondary N) is 1. The Bertz CT molecular complexity index is 767. The average Bonchev–Trinajstić information content (AvgIpc) is 2.55. The molecule has 0 saturated heterocycles. The Balaban J connectivity index is 1.72. The quantitative estimate of drug-likeness (QED) is 0.887. The number of rotatable bonds is 5. The Labute approximate surface area is 139 Å². The highest BCUT2D eigenvalue weighted by atomic mass is 19.1. The van der Waals surface area contributed by atoms with Crippen molar-refractivity contribution in [1.29, 1.82) is 0 Å². The first-order chi connectivity index (χ1) is 11.5. The molecule has 5 heteroatoms. The summed E-state index contributed by atoms with van der Waals surface area (Å²) < 4.78 is 13.1. The molecular weight excluding hydrogens is 307 g/mol. The number of amides is 2. The molecule has 2 amide bonds. The van der Waals surface area contributed by atoms with Gasteiger partial charge in [0.2, 0.25) is 5.91 Å². The zero-order valence-electron chi connectivity index (χ0n) is 13.2. The van der Waals surface area contributed by atoms with Crippen LogP contribution >= 0.6 is 0 Å². The molecule has 0 heterocycles. The first kappa shape index (κ1) is 16.2. The van der Waals surface area contributed by atoms with Crippen LogP contribution in [0.25, 0.3) is 0 Å². The highest BCUT2D eigenvalue weighted by molar-refractivity contribution is 5.99. The van der Waals surface area contributed by atoms with Crippen LogP contribution < -0.4 is 11.1 Å². The number of hydrogen-bond donors (Lipinski definition) is 2. The van der Waals surface area contributed by atoms with Crippen LogP contribution in [-0.2, 0) is 5.41 Å². The van der Waals surface area contributed by atoms with Gasteiger partial charge in [-0.2, -0.15) is 0 Å². The van der Waals surface area contributed by atoms with Gasteiger partial charge in [-0.25, -0.2) is 4.39 Å². The molecule has 3 rings (SSSR count). The van der Waals surface area contributed by atoms with E-state index in [0.717, 1.165) is 24.8 Å². The van der Waals surface area contributed by atoms with Crippen molar-refractivity contribution in [2.24, 2.45) is 5.73 Å². The van der Waals surface area contributed by atoms with Crippen molar-refractivity contribution in [3.05, 3.63) is 71.0 Å². The molecule has 0 aromatic heterocycles. The smallest absolute Gasteiger partial charge is 0.251 e. The van der Waals surface area contributed by atoms with Crippen LogP contribution in [0.1, 0.15) is 45.5 Å². The molecule has 0 unspecified atom stereocenters. The molecule has 124 valence electrons. The van der Waals surface area contributed by atoms with Gasteiger partial charge in [0, 0.05) is 23.1 Å². The minimum Gasteiger partial charge on any atom is -0.366 e. The van der Waals surface area contributed by atoms with Crippen molar-refractivity contribution >= 4 is 11.8 Å². The van der Waals surface area contributed by atoms with E-state index < -0.39 is 5.91 Å². The first-order valence-electron chi connectivity index (χ1n) is 7.94. The predicted molar refractivity (Wildman–Crippen MR) is 89.2 cm³/mol. The largest absolute Gasteiger partial charge is 0.366 e. The Morgan fingerprint density at radius 1 is 1.08 bits per heavy atom. The molecule has 2 aromatic rings. The minimum atomic E-state index is -0.563. The Hall–Kier alpha value is -2.69. The second-order valence-electron chi connectivity index (χ2n) is 6.27. The maximum Gasteiger partial charge on any atom is 0.251 e. The zero-order valence-corrected chi connectivity index (χ0v) is 13.2. The predicted octanol–water partition coefficient (Wildman–Crippen LogP) is 2.78. The average molecular weight is 326 g/mol. The number of primary amides is 1. The summed E-state index contributed by atoms with van der Waals surface area (Å²) in [7, 11) is 0. The molecule has 4 nitrogen and oxygen atoms in total. The number of hydrogen-bond acceptors (Lipinski definition) is 2. The van der Waals surface area contributed by atoms with E-state index in [1.165, 1.54) is 18.2 Å². The van der Waals surface area contributed by atoms with Gasteiger partial charge in [0.15, 0.2) is 0 Å². The maximum absolute atomic E-state index is 13.1. The summed E-state index contributed by atoms with van der Waals surface area (Å²) >= 11 is 0. The van der Waals surface area contributed by atoms with Gasteiger partial charge in [-0.3, -0.25) is 9.59 Å². The standard InChI is InChI=1S/C19H19FN2O2/c20-16-7-5-15(6-8-16)19(9-2-10-19)12-22-18(24)14-4-1-3-13(11-14)17(21)23/h1,3-8,11H,2,9-10,12H2,(H2,21,23)(H,22,24). The summed E-state index contributed by atoms with van der Waals surface area (Å²) in [6.45, 7) is 0.484.